The number of aryl methyl sites for hydroxylation is 1. The van der Waals surface area contributed by atoms with Crippen molar-refractivity contribution in [3.8, 4) is 5.69 Å². The molecule has 10 nitrogen and oxygen atoms in total. The van der Waals surface area contributed by atoms with E-state index >= 15 is 0 Å². The summed E-state index contributed by atoms with van der Waals surface area (Å²) in [5.74, 6) is 0.901. The lowest BCUT2D eigenvalue weighted by Crippen LogP contribution is -2.45. The molecule has 4 aromatic rings. The molecule has 0 radical (unpaired) electrons. The van der Waals surface area contributed by atoms with Gasteiger partial charge in [-0.2, -0.15) is 5.10 Å². The van der Waals surface area contributed by atoms with Crippen molar-refractivity contribution in [2.75, 3.05) is 33.4 Å². The van der Waals surface area contributed by atoms with Gasteiger partial charge in [0.15, 0.2) is 13.2 Å². The van der Waals surface area contributed by atoms with Crippen molar-refractivity contribution in [2.24, 2.45) is 9.74 Å². The Balaban J connectivity index is 1.70. The summed E-state index contributed by atoms with van der Waals surface area (Å²) >= 11 is 0. The quantitative estimate of drug-likeness (QED) is 0.180. The van der Waals surface area contributed by atoms with E-state index in [-0.39, 0.29) is 11.5 Å². The predicted octanol–water partition coefficient (Wildman–Crippen LogP) is 5.57. The molecule has 1 unspecified atom stereocenters. The molecule has 0 spiro atoms. The molecule has 0 N–H and O–H groups in total. The van der Waals surface area contributed by atoms with Crippen LogP contribution in [-0.4, -0.2) is 63.2 Å². The monoisotopic (exact) mass is 559 g/mol. The first-order chi connectivity index (χ1) is 19.4. The number of hydrogen-bond acceptors (Lipinski definition) is 6. The zero-order valence-electron chi connectivity index (χ0n) is 22.0. The zero-order valence-corrected chi connectivity index (χ0v) is 22.9. The largest absolute Gasteiger partial charge is 0.379 e. The maximum atomic E-state index is 14.0. The average Bonchev–Trinajstić information content (AvgIpc) is 3.32. The van der Waals surface area contributed by atoms with Gasteiger partial charge >= 0.3 is 0 Å². The van der Waals surface area contributed by atoms with E-state index in [1.54, 1.807) is 24.3 Å². The smallest absolute Gasteiger partial charge is 0.271 e. The Bertz CT molecular complexity index is 1670. The molecular weight excluding hydrogens is 532 g/mol. The summed E-state index contributed by atoms with van der Waals surface area (Å²) in [6, 6.07) is 22.4. The number of ether oxygens (including phenoxy) is 1. The van der Waals surface area contributed by atoms with Crippen LogP contribution in [0.1, 0.15) is 11.3 Å². The maximum absolute atomic E-state index is 14.0. The van der Waals surface area contributed by atoms with Gasteiger partial charge in [0, 0.05) is 37.8 Å². The van der Waals surface area contributed by atoms with Crippen LogP contribution in [0.5, 0.6) is 0 Å². The molecule has 3 aromatic carbocycles. The highest BCUT2D eigenvalue weighted by atomic mass is 31.2. The molecule has 12 heteroatoms. The highest BCUT2D eigenvalue weighted by Crippen LogP contribution is 2.61. The minimum Gasteiger partial charge on any atom is -0.379 e. The van der Waals surface area contributed by atoms with Crippen LogP contribution in [0.4, 0.5) is 21.6 Å². The van der Waals surface area contributed by atoms with Gasteiger partial charge < -0.3 is 9.41 Å². The van der Waals surface area contributed by atoms with Crippen molar-refractivity contribution in [3.63, 3.8) is 0 Å². The molecule has 1 atom stereocenters. The van der Waals surface area contributed by atoms with E-state index in [2.05, 4.69) is 9.34 Å². The number of nitrogens with zero attached hydrogens (tertiary/aromatic N) is 7. The van der Waals surface area contributed by atoms with Gasteiger partial charge in [-0.25, -0.2) is 23.5 Å². The fourth-order valence-corrected chi connectivity index (χ4v) is 8.99. The van der Waals surface area contributed by atoms with Crippen molar-refractivity contribution in [1.82, 2.24) is 19.1 Å². The first kappa shape index (κ1) is 26.1. The fourth-order valence-electron chi connectivity index (χ4n) is 5.19. The summed E-state index contributed by atoms with van der Waals surface area (Å²) in [7, 11) is -0.969. The van der Waals surface area contributed by atoms with Crippen LogP contribution in [0.3, 0.4) is 0 Å². The Morgan fingerprint density at radius 2 is 1.75 bits per heavy atom. The molecule has 0 aliphatic carbocycles. The van der Waals surface area contributed by atoms with E-state index in [9.17, 15) is 14.5 Å². The molecular formula is C28H27FN7O3P. The third kappa shape index (κ3) is 4.42. The second-order valence-electron chi connectivity index (χ2n) is 9.48. The average molecular weight is 560 g/mol. The van der Waals surface area contributed by atoms with Gasteiger partial charge in [-0.15, -0.1) is 0 Å². The molecule has 6 rings (SSSR count). The SMILES string of the molecule is Cc1nn(-c2ccccc2)c2c1P(=Nc1cccc([N+](=O)[O-])c1)(N1CCOCC1)N(C)C(c1ccc(F)cc1)=N2. The van der Waals surface area contributed by atoms with Gasteiger partial charge in [0.25, 0.3) is 5.69 Å². The number of morpholine rings is 1. The Morgan fingerprint density at radius 3 is 2.45 bits per heavy atom. The number of aliphatic imine (C=N–C) groups is 1. The number of non-ortho nitro benzene ring substituents is 1. The van der Waals surface area contributed by atoms with Gasteiger partial charge in [-0.05, 0) is 49.4 Å². The number of hydrogen-bond donors (Lipinski definition) is 0. The molecule has 1 saturated heterocycles. The van der Waals surface area contributed by atoms with Crippen molar-refractivity contribution in [3.05, 3.63) is 106 Å². The maximum Gasteiger partial charge on any atom is 0.271 e. The normalized spacial score (nSPS) is 19.2. The fraction of sp³-hybridized carbons (Fsp3) is 0.214. The number of benzene rings is 3. The highest BCUT2D eigenvalue weighted by Gasteiger charge is 2.45. The summed E-state index contributed by atoms with van der Waals surface area (Å²) in [6.07, 6.45) is 0. The Morgan fingerprint density at radius 1 is 1.02 bits per heavy atom. The third-order valence-corrected chi connectivity index (χ3v) is 10.9. The molecule has 1 fully saturated rings. The lowest BCUT2D eigenvalue weighted by atomic mass is 10.2. The molecule has 2 aliphatic heterocycles. The standard InChI is InChI=1S/C28H27FN7O3P/c1-20-26-28(35(31-20)24-8-4-3-5-9-24)30-27(21-11-13-22(29)14-12-21)33(2)40(26,34-15-17-39-18-16-34)32-23-7-6-10-25(19-23)36(37)38/h3-14,19H,15-18H2,1-2H3. The van der Waals surface area contributed by atoms with Crippen LogP contribution in [0, 0.1) is 22.9 Å². The van der Waals surface area contributed by atoms with E-state index in [1.807, 2.05) is 49.0 Å². The second kappa shape index (κ2) is 10.4. The molecule has 0 saturated carbocycles. The number of rotatable bonds is 5. The highest BCUT2D eigenvalue weighted by molar-refractivity contribution is 7.70. The number of nitro groups is 1. The lowest BCUT2D eigenvalue weighted by Gasteiger charge is -2.46. The van der Waals surface area contributed by atoms with Crippen LogP contribution in [-0.2, 0) is 4.74 Å². The van der Waals surface area contributed by atoms with Crippen molar-refractivity contribution >= 4 is 35.7 Å². The topological polar surface area (TPSA) is 101 Å². The first-order valence-corrected chi connectivity index (χ1v) is 14.5. The first-order valence-electron chi connectivity index (χ1n) is 12.8. The van der Waals surface area contributed by atoms with Crippen LogP contribution in [0.15, 0.2) is 88.6 Å². The molecule has 3 heterocycles. The van der Waals surface area contributed by atoms with E-state index in [0.29, 0.717) is 43.6 Å². The van der Waals surface area contributed by atoms with Gasteiger partial charge in [0.2, 0.25) is 0 Å². The molecule has 0 bridgehead atoms. The number of amidine groups is 1. The van der Waals surface area contributed by atoms with Gasteiger partial charge in [-0.1, -0.05) is 24.3 Å². The van der Waals surface area contributed by atoms with Gasteiger partial charge in [0.1, 0.15) is 11.7 Å². The van der Waals surface area contributed by atoms with Gasteiger partial charge in [0.05, 0.1) is 40.5 Å². The van der Waals surface area contributed by atoms with Crippen LogP contribution in [0.25, 0.3) is 5.69 Å². The molecule has 1 aromatic heterocycles. The van der Waals surface area contributed by atoms with Gasteiger partial charge in [-0.3, -0.25) is 10.1 Å². The number of aromatic nitrogens is 2. The number of fused-ring (bicyclic) bond motifs is 1. The summed E-state index contributed by atoms with van der Waals surface area (Å²) in [5, 5.41) is 17.5. The predicted molar refractivity (Wildman–Crippen MR) is 153 cm³/mol. The van der Waals surface area contributed by atoms with Crippen molar-refractivity contribution in [2.45, 2.75) is 6.92 Å². The van der Waals surface area contributed by atoms with E-state index < -0.39 is 12.3 Å². The summed E-state index contributed by atoms with van der Waals surface area (Å²) in [5.41, 5.74) is 2.78. The summed E-state index contributed by atoms with van der Waals surface area (Å²) < 4.78 is 31.3. The van der Waals surface area contributed by atoms with Crippen molar-refractivity contribution < 1.29 is 14.1 Å². The summed E-state index contributed by atoms with van der Waals surface area (Å²) in [6.45, 7) is 4.18. The Labute approximate surface area is 230 Å². The van der Waals surface area contributed by atoms with Crippen molar-refractivity contribution in [1.29, 1.82) is 0 Å². The Hall–Kier alpha value is -4.18. The number of para-hydroxylation sites is 1. The second-order valence-corrected chi connectivity index (χ2v) is 12.4. The van der Waals surface area contributed by atoms with E-state index in [1.165, 1.54) is 24.3 Å². The lowest BCUT2D eigenvalue weighted by molar-refractivity contribution is -0.384. The molecule has 0 amide bonds. The minimum absolute atomic E-state index is 0.0367. The molecule has 2 aliphatic rings. The third-order valence-electron chi connectivity index (χ3n) is 7.02. The van der Waals surface area contributed by atoms with Crippen LogP contribution < -0.4 is 5.30 Å². The van der Waals surface area contributed by atoms with E-state index in [0.717, 1.165) is 22.2 Å². The Kier molecular flexibility index (Phi) is 6.79. The van der Waals surface area contributed by atoms with E-state index in [4.69, 9.17) is 19.6 Å². The van der Waals surface area contributed by atoms with Crippen LogP contribution >= 0.6 is 7.36 Å². The molecule has 40 heavy (non-hydrogen) atoms. The zero-order chi connectivity index (χ0) is 27.9. The molecule has 204 valence electrons. The minimum atomic E-state index is -2.91. The number of nitro benzene ring substituents is 1. The van der Waals surface area contributed by atoms with Crippen LogP contribution in [0.2, 0.25) is 0 Å². The summed E-state index contributed by atoms with van der Waals surface area (Å²) in [4.78, 5) is 16.3. The number of halogens is 1.